The lowest BCUT2D eigenvalue weighted by Crippen LogP contribution is -2.45. The second-order valence-electron chi connectivity index (χ2n) is 7.61. The van der Waals surface area contributed by atoms with Crippen molar-refractivity contribution in [3.63, 3.8) is 0 Å². The van der Waals surface area contributed by atoms with Gasteiger partial charge in [0, 0.05) is 0 Å². The number of imide groups is 1. The van der Waals surface area contributed by atoms with Gasteiger partial charge in [-0.05, 0) is 49.1 Å². The minimum absolute atomic E-state index is 0.166. The molecule has 2 saturated carbocycles. The fraction of sp³-hybridized carbons (Fsp3) is 0.450. The lowest BCUT2D eigenvalue weighted by atomic mass is 9.63. The minimum atomic E-state index is -0.901. The first-order valence-electron chi connectivity index (χ1n) is 8.90. The Morgan fingerprint density at radius 1 is 1.04 bits per heavy atom. The van der Waals surface area contributed by atoms with Crippen LogP contribution in [0.4, 0.5) is 0 Å². The van der Waals surface area contributed by atoms with Crippen molar-refractivity contribution < 1.29 is 19.1 Å². The number of hydrogen-bond donors (Lipinski definition) is 0. The average molecular weight is 337 g/mol. The summed E-state index contributed by atoms with van der Waals surface area (Å²) in [5.74, 6) is 0.332. The maximum Gasteiger partial charge on any atom is 0.334 e. The second-order valence-corrected chi connectivity index (χ2v) is 7.61. The molecule has 2 amide bonds. The van der Waals surface area contributed by atoms with Gasteiger partial charge in [0.1, 0.15) is 11.8 Å². The van der Waals surface area contributed by atoms with E-state index in [4.69, 9.17) is 4.74 Å². The zero-order chi connectivity index (χ0) is 17.3. The van der Waals surface area contributed by atoms with Crippen LogP contribution in [0.5, 0.6) is 5.75 Å². The molecule has 0 spiro atoms. The van der Waals surface area contributed by atoms with E-state index in [1.165, 1.54) is 4.90 Å². The average Bonchev–Trinajstić information content (AvgIpc) is 3.40. The van der Waals surface area contributed by atoms with E-state index in [-0.39, 0.29) is 35.5 Å². The SMILES string of the molecule is CC(C(=O)Oc1ccccc1)N1C(=O)C2C3C=CC(C4CC34)C2C1=O. The quantitative estimate of drug-likeness (QED) is 0.366. The van der Waals surface area contributed by atoms with Crippen LogP contribution in [0.2, 0.25) is 0 Å². The first-order valence-corrected chi connectivity index (χ1v) is 8.90. The lowest BCUT2D eigenvalue weighted by Gasteiger charge is -2.37. The highest BCUT2D eigenvalue weighted by atomic mass is 16.5. The van der Waals surface area contributed by atoms with E-state index in [9.17, 15) is 14.4 Å². The molecule has 1 heterocycles. The fourth-order valence-corrected chi connectivity index (χ4v) is 5.16. The summed E-state index contributed by atoms with van der Waals surface area (Å²) < 4.78 is 5.34. The maximum absolute atomic E-state index is 13.0. The van der Waals surface area contributed by atoms with Gasteiger partial charge in [-0.1, -0.05) is 30.4 Å². The van der Waals surface area contributed by atoms with Crippen molar-refractivity contribution in [2.24, 2.45) is 35.5 Å². The lowest BCUT2D eigenvalue weighted by molar-refractivity contribution is -0.152. The van der Waals surface area contributed by atoms with E-state index in [2.05, 4.69) is 12.2 Å². The summed E-state index contributed by atoms with van der Waals surface area (Å²) in [6.07, 6.45) is 5.38. The highest BCUT2D eigenvalue weighted by Gasteiger charge is 2.67. The van der Waals surface area contributed by atoms with E-state index in [0.717, 1.165) is 6.42 Å². The molecule has 4 aliphatic carbocycles. The van der Waals surface area contributed by atoms with Gasteiger partial charge >= 0.3 is 5.97 Å². The largest absolute Gasteiger partial charge is 0.425 e. The number of para-hydroxylation sites is 1. The number of benzene rings is 1. The van der Waals surface area contributed by atoms with Crippen molar-refractivity contribution in [3.05, 3.63) is 42.5 Å². The molecule has 3 fully saturated rings. The van der Waals surface area contributed by atoms with Crippen LogP contribution in [0.15, 0.2) is 42.5 Å². The van der Waals surface area contributed by atoms with Crippen LogP contribution in [0.1, 0.15) is 13.3 Å². The molecule has 5 aliphatic rings. The molecular formula is C20H19NO4. The number of likely N-dealkylation sites (tertiary alicyclic amines) is 1. The fourth-order valence-electron chi connectivity index (χ4n) is 5.16. The van der Waals surface area contributed by atoms with Gasteiger partial charge in [0.25, 0.3) is 0 Å². The number of amides is 2. The number of nitrogens with zero attached hydrogens (tertiary/aromatic N) is 1. The Hall–Kier alpha value is -2.43. The number of ether oxygens (including phenoxy) is 1. The highest BCUT2D eigenvalue weighted by molar-refractivity contribution is 6.08. The molecule has 1 saturated heterocycles. The van der Waals surface area contributed by atoms with Gasteiger partial charge in [-0.25, -0.2) is 4.79 Å². The van der Waals surface area contributed by atoms with E-state index in [1.807, 2.05) is 6.07 Å². The first kappa shape index (κ1) is 14.9. The number of esters is 1. The Bertz CT molecular complexity index is 765. The summed E-state index contributed by atoms with van der Waals surface area (Å²) in [7, 11) is 0. The molecule has 25 heavy (non-hydrogen) atoms. The van der Waals surface area contributed by atoms with Crippen molar-refractivity contribution in [3.8, 4) is 5.75 Å². The van der Waals surface area contributed by atoms with E-state index in [0.29, 0.717) is 17.6 Å². The van der Waals surface area contributed by atoms with Crippen LogP contribution in [-0.4, -0.2) is 28.7 Å². The minimum Gasteiger partial charge on any atom is -0.425 e. The van der Waals surface area contributed by atoms with Crippen LogP contribution < -0.4 is 4.74 Å². The summed E-state index contributed by atoms with van der Waals surface area (Å²) in [6.45, 7) is 1.58. The molecule has 5 heteroatoms. The number of allylic oxidation sites excluding steroid dienone is 2. The van der Waals surface area contributed by atoms with Gasteiger partial charge in [-0.15, -0.1) is 0 Å². The van der Waals surface area contributed by atoms with Gasteiger partial charge in [-0.3, -0.25) is 14.5 Å². The van der Waals surface area contributed by atoms with Crippen LogP contribution in [0.25, 0.3) is 0 Å². The Morgan fingerprint density at radius 2 is 1.60 bits per heavy atom. The second kappa shape index (κ2) is 5.04. The van der Waals surface area contributed by atoms with Gasteiger partial charge in [0.2, 0.25) is 11.8 Å². The summed E-state index contributed by atoms with van der Waals surface area (Å²) in [5.41, 5.74) is 0. The first-order chi connectivity index (χ1) is 12.1. The zero-order valence-corrected chi connectivity index (χ0v) is 13.9. The molecule has 0 radical (unpaired) electrons. The van der Waals surface area contributed by atoms with Crippen molar-refractivity contribution in [2.45, 2.75) is 19.4 Å². The molecule has 1 aliphatic heterocycles. The normalized spacial score (nSPS) is 38.4. The molecule has 6 rings (SSSR count). The van der Waals surface area contributed by atoms with Gasteiger partial charge in [-0.2, -0.15) is 0 Å². The van der Waals surface area contributed by atoms with Gasteiger partial charge in [0.15, 0.2) is 0 Å². The third-order valence-electron chi connectivity index (χ3n) is 6.39. The molecule has 2 bridgehead atoms. The van der Waals surface area contributed by atoms with Crippen molar-refractivity contribution in [2.75, 3.05) is 0 Å². The Labute approximate surface area is 145 Å². The molecule has 0 aromatic heterocycles. The van der Waals surface area contributed by atoms with Crippen LogP contribution >= 0.6 is 0 Å². The molecule has 128 valence electrons. The standard InChI is InChI=1S/C20H19NO4/c1-10(20(24)25-11-5-3-2-4-6-11)21-18(22)16-12-7-8-13(15-9-14(12)15)17(16)19(21)23/h2-8,10,12-17H,9H2,1H3. The maximum atomic E-state index is 13.0. The van der Waals surface area contributed by atoms with E-state index >= 15 is 0 Å². The molecule has 7 unspecified atom stereocenters. The summed E-state index contributed by atoms with van der Waals surface area (Å²) >= 11 is 0. The third kappa shape index (κ3) is 1.98. The number of hydrogen-bond acceptors (Lipinski definition) is 4. The summed E-state index contributed by atoms with van der Waals surface area (Å²) in [4.78, 5) is 39.6. The van der Waals surface area contributed by atoms with Crippen LogP contribution in [0.3, 0.4) is 0 Å². The summed E-state index contributed by atoms with van der Waals surface area (Å²) in [6, 6.07) is 7.81. The molecule has 5 nitrogen and oxygen atoms in total. The van der Waals surface area contributed by atoms with Crippen molar-refractivity contribution in [1.82, 2.24) is 4.90 Å². The van der Waals surface area contributed by atoms with Crippen LogP contribution in [0, 0.1) is 35.5 Å². The smallest absolute Gasteiger partial charge is 0.334 e. The Kier molecular flexibility index (Phi) is 3.00. The number of carbonyl (C=O) groups excluding carboxylic acids is 3. The summed E-state index contributed by atoms with van der Waals surface area (Å²) in [5, 5.41) is 0. The Balaban J connectivity index is 1.39. The van der Waals surface area contributed by atoms with Gasteiger partial charge < -0.3 is 4.74 Å². The van der Waals surface area contributed by atoms with E-state index < -0.39 is 12.0 Å². The zero-order valence-electron chi connectivity index (χ0n) is 13.9. The molecule has 0 N–H and O–H groups in total. The predicted octanol–water partition coefficient (Wildman–Crippen LogP) is 2.03. The molecule has 1 aromatic carbocycles. The van der Waals surface area contributed by atoms with Crippen LogP contribution in [-0.2, 0) is 14.4 Å². The van der Waals surface area contributed by atoms with E-state index in [1.54, 1.807) is 31.2 Å². The molecule has 1 aromatic rings. The topological polar surface area (TPSA) is 63.7 Å². The Morgan fingerprint density at radius 3 is 2.16 bits per heavy atom. The van der Waals surface area contributed by atoms with Crippen molar-refractivity contribution >= 4 is 17.8 Å². The molecular weight excluding hydrogens is 318 g/mol. The highest BCUT2D eigenvalue weighted by Crippen LogP contribution is 2.65. The third-order valence-corrected chi connectivity index (χ3v) is 6.39. The number of carbonyl (C=O) groups is 3. The monoisotopic (exact) mass is 337 g/mol. The van der Waals surface area contributed by atoms with Gasteiger partial charge in [0.05, 0.1) is 11.8 Å². The molecule has 7 atom stereocenters. The number of rotatable bonds is 3. The predicted molar refractivity (Wildman–Crippen MR) is 88.1 cm³/mol. The van der Waals surface area contributed by atoms with Crippen molar-refractivity contribution in [1.29, 1.82) is 0 Å².